The van der Waals surface area contributed by atoms with Crippen LogP contribution in [0.5, 0.6) is 0 Å². The van der Waals surface area contributed by atoms with Crippen LogP contribution in [0.15, 0.2) is 48.5 Å². The van der Waals surface area contributed by atoms with Gasteiger partial charge in [0.25, 0.3) is 0 Å². The molecule has 0 aliphatic heterocycles. The van der Waals surface area contributed by atoms with Crippen LogP contribution in [-0.4, -0.2) is 17.6 Å². The van der Waals surface area contributed by atoms with E-state index < -0.39 is 5.41 Å². The lowest BCUT2D eigenvalue weighted by Crippen LogP contribution is -2.35. The number of anilines is 2. The van der Waals surface area contributed by atoms with Gasteiger partial charge in [0, 0.05) is 16.9 Å². The molecule has 2 aromatic carbocycles. The van der Waals surface area contributed by atoms with Crippen LogP contribution in [0.2, 0.25) is 0 Å². The molecule has 1 saturated carbocycles. The summed E-state index contributed by atoms with van der Waals surface area (Å²) < 4.78 is 0. The third-order valence-electron chi connectivity index (χ3n) is 4.82. The minimum Gasteiger partial charge on any atom is -0.325 e. The van der Waals surface area contributed by atoms with Crippen molar-refractivity contribution in [3.63, 3.8) is 0 Å². The average Bonchev–Trinajstić information content (AvgIpc) is 3.44. The summed E-state index contributed by atoms with van der Waals surface area (Å²) in [6, 6.07) is 14.3. The highest BCUT2D eigenvalue weighted by Crippen LogP contribution is 2.47. The molecule has 134 valence electrons. The second kappa shape index (κ2) is 7.12. The summed E-state index contributed by atoms with van der Waals surface area (Å²) in [7, 11) is 0. The first-order valence-electron chi connectivity index (χ1n) is 8.78. The van der Waals surface area contributed by atoms with Gasteiger partial charge in [0.15, 0.2) is 5.78 Å². The van der Waals surface area contributed by atoms with Gasteiger partial charge < -0.3 is 10.6 Å². The van der Waals surface area contributed by atoms with E-state index in [1.807, 2.05) is 31.2 Å². The van der Waals surface area contributed by atoms with E-state index in [0.717, 1.165) is 17.7 Å². The first-order chi connectivity index (χ1) is 12.5. The summed E-state index contributed by atoms with van der Waals surface area (Å²) in [4.78, 5) is 36.7. The maximum absolute atomic E-state index is 12.7. The van der Waals surface area contributed by atoms with Crippen LogP contribution in [0, 0.1) is 5.41 Å². The zero-order valence-corrected chi connectivity index (χ0v) is 15.0. The highest BCUT2D eigenvalue weighted by molar-refractivity contribution is 6.17. The summed E-state index contributed by atoms with van der Waals surface area (Å²) in [6.45, 7) is 3.51. The molecule has 0 bridgehead atoms. The minimum absolute atomic E-state index is 0.0319. The normalized spacial score (nSPS) is 14.4. The molecule has 5 heteroatoms. The number of rotatable bonds is 6. The Balaban J connectivity index is 1.70. The third-order valence-corrected chi connectivity index (χ3v) is 4.82. The molecule has 26 heavy (non-hydrogen) atoms. The Labute approximate surface area is 152 Å². The molecular formula is C21H22N2O3. The van der Waals surface area contributed by atoms with Crippen molar-refractivity contribution >= 4 is 29.0 Å². The molecule has 0 unspecified atom stereocenters. The van der Waals surface area contributed by atoms with Crippen molar-refractivity contribution in [3.05, 3.63) is 59.7 Å². The number of amides is 2. The summed E-state index contributed by atoms with van der Waals surface area (Å²) >= 11 is 0. The number of aryl methyl sites for hydroxylation is 1. The molecule has 3 rings (SSSR count). The van der Waals surface area contributed by atoms with E-state index in [9.17, 15) is 14.4 Å². The molecule has 2 amide bonds. The van der Waals surface area contributed by atoms with Gasteiger partial charge in [-0.05, 0) is 62.1 Å². The monoisotopic (exact) mass is 350 g/mol. The van der Waals surface area contributed by atoms with Crippen LogP contribution in [0.25, 0.3) is 0 Å². The van der Waals surface area contributed by atoms with Crippen LogP contribution in [0.3, 0.4) is 0 Å². The average molecular weight is 350 g/mol. The van der Waals surface area contributed by atoms with Crippen LogP contribution in [0.4, 0.5) is 11.4 Å². The van der Waals surface area contributed by atoms with Gasteiger partial charge in [-0.15, -0.1) is 0 Å². The molecule has 2 N–H and O–H groups in total. The quantitative estimate of drug-likeness (QED) is 0.614. The van der Waals surface area contributed by atoms with E-state index in [-0.39, 0.29) is 17.6 Å². The Morgan fingerprint density at radius 2 is 1.54 bits per heavy atom. The topological polar surface area (TPSA) is 75.3 Å². The maximum Gasteiger partial charge on any atom is 0.240 e. The SMILES string of the molecule is CCc1ccccc1NC(=O)C1(C(=O)Nc2ccc(C(C)=O)cc2)CC1. The maximum atomic E-state index is 12.7. The van der Waals surface area contributed by atoms with Crippen LogP contribution >= 0.6 is 0 Å². The van der Waals surface area contributed by atoms with Crippen molar-refractivity contribution in [1.82, 2.24) is 0 Å². The van der Waals surface area contributed by atoms with E-state index in [1.165, 1.54) is 6.92 Å². The van der Waals surface area contributed by atoms with Crippen molar-refractivity contribution in [2.45, 2.75) is 33.1 Å². The van der Waals surface area contributed by atoms with Crippen molar-refractivity contribution in [2.24, 2.45) is 5.41 Å². The first kappa shape index (κ1) is 17.9. The van der Waals surface area contributed by atoms with Crippen LogP contribution in [-0.2, 0) is 16.0 Å². The lowest BCUT2D eigenvalue weighted by Gasteiger charge is -2.17. The molecule has 1 aliphatic carbocycles. The standard InChI is InChI=1S/C21H22N2O3/c1-3-15-6-4-5-7-18(15)23-20(26)21(12-13-21)19(25)22-17-10-8-16(9-11-17)14(2)24/h4-11H,3,12-13H2,1-2H3,(H,22,25)(H,23,26). The van der Waals surface area contributed by atoms with Gasteiger partial charge >= 0.3 is 0 Å². The van der Waals surface area contributed by atoms with Crippen molar-refractivity contribution < 1.29 is 14.4 Å². The minimum atomic E-state index is -1.01. The molecule has 2 aromatic rings. The fourth-order valence-electron chi connectivity index (χ4n) is 2.91. The molecule has 1 aliphatic rings. The van der Waals surface area contributed by atoms with E-state index in [1.54, 1.807) is 24.3 Å². The molecule has 1 fully saturated rings. The zero-order chi connectivity index (χ0) is 18.7. The second-order valence-corrected chi connectivity index (χ2v) is 6.63. The van der Waals surface area contributed by atoms with E-state index in [4.69, 9.17) is 0 Å². The lowest BCUT2D eigenvalue weighted by atomic mass is 10.0. The molecule has 0 aromatic heterocycles. The number of carbonyl (C=O) groups is 3. The zero-order valence-electron chi connectivity index (χ0n) is 15.0. The van der Waals surface area contributed by atoms with Gasteiger partial charge in [0.05, 0.1) is 0 Å². The third kappa shape index (κ3) is 3.52. The van der Waals surface area contributed by atoms with E-state index in [2.05, 4.69) is 10.6 Å². The molecule has 0 radical (unpaired) electrons. The number of para-hydroxylation sites is 1. The highest BCUT2D eigenvalue weighted by Gasteiger charge is 2.56. The number of hydrogen-bond donors (Lipinski definition) is 2. The molecule has 0 saturated heterocycles. The number of benzene rings is 2. The van der Waals surface area contributed by atoms with Crippen LogP contribution in [0.1, 0.15) is 42.6 Å². The number of nitrogens with one attached hydrogen (secondary N) is 2. The Hall–Kier alpha value is -2.95. The molecule has 0 spiro atoms. The smallest absolute Gasteiger partial charge is 0.240 e. The second-order valence-electron chi connectivity index (χ2n) is 6.63. The predicted octanol–water partition coefficient (Wildman–Crippen LogP) is 3.81. The number of carbonyl (C=O) groups excluding carboxylic acids is 3. The largest absolute Gasteiger partial charge is 0.325 e. The van der Waals surface area contributed by atoms with Gasteiger partial charge in [0.2, 0.25) is 11.8 Å². The summed E-state index contributed by atoms with van der Waals surface area (Å²) in [6.07, 6.45) is 1.87. The summed E-state index contributed by atoms with van der Waals surface area (Å²) in [5.74, 6) is -0.605. The molecule has 0 heterocycles. The fourth-order valence-corrected chi connectivity index (χ4v) is 2.91. The lowest BCUT2D eigenvalue weighted by molar-refractivity contribution is -0.131. The molecule has 0 atom stereocenters. The Bertz CT molecular complexity index is 852. The van der Waals surface area contributed by atoms with Crippen molar-refractivity contribution in [3.8, 4) is 0 Å². The number of hydrogen-bond acceptors (Lipinski definition) is 3. The van der Waals surface area contributed by atoms with E-state index in [0.29, 0.717) is 24.1 Å². The van der Waals surface area contributed by atoms with Gasteiger partial charge in [-0.3, -0.25) is 14.4 Å². The van der Waals surface area contributed by atoms with Crippen LogP contribution < -0.4 is 10.6 Å². The van der Waals surface area contributed by atoms with Crippen molar-refractivity contribution in [2.75, 3.05) is 10.6 Å². The molecule has 5 nitrogen and oxygen atoms in total. The predicted molar refractivity (Wildman–Crippen MR) is 101 cm³/mol. The van der Waals surface area contributed by atoms with Gasteiger partial charge in [0.1, 0.15) is 5.41 Å². The Kier molecular flexibility index (Phi) is 4.89. The summed E-state index contributed by atoms with van der Waals surface area (Å²) in [5.41, 5.74) is 1.94. The van der Waals surface area contributed by atoms with Crippen molar-refractivity contribution in [1.29, 1.82) is 0 Å². The number of ketones is 1. The van der Waals surface area contributed by atoms with E-state index >= 15 is 0 Å². The number of Topliss-reactive ketones (excluding diaryl/α,β-unsaturated/α-hetero) is 1. The van der Waals surface area contributed by atoms with Gasteiger partial charge in [-0.1, -0.05) is 25.1 Å². The Morgan fingerprint density at radius 1 is 0.923 bits per heavy atom. The van der Waals surface area contributed by atoms with Gasteiger partial charge in [-0.2, -0.15) is 0 Å². The fraction of sp³-hybridized carbons (Fsp3) is 0.286. The first-order valence-corrected chi connectivity index (χ1v) is 8.78. The van der Waals surface area contributed by atoms with Gasteiger partial charge in [-0.25, -0.2) is 0 Å². The molecular weight excluding hydrogens is 328 g/mol. The highest BCUT2D eigenvalue weighted by atomic mass is 16.2. The Morgan fingerprint density at radius 3 is 2.12 bits per heavy atom. The summed E-state index contributed by atoms with van der Waals surface area (Å²) in [5, 5.41) is 5.71.